The third-order valence-electron chi connectivity index (χ3n) is 4.88. The number of aromatic hydroxyl groups is 1. The average molecular weight is 570 g/mol. The van der Waals surface area contributed by atoms with Crippen LogP contribution in [0.1, 0.15) is 22.9 Å². The van der Waals surface area contributed by atoms with Crippen molar-refractivity contribution in [2.24, 2.45) is 4.99 Å². The summed E-state index contributed by atoms with van der Waals surface area (Å²) in [4.78, 5) is 10.3. The highest BCUT2D eigenvalue weighted by Crippen LogP contribution is 2.39. The highest BCUT2D eigenvalue weighted by molar-refractivity contribution is 9.10. The first-order valence-corrected chi connectivity index (χ1v) is 11.8. The Hall–Kier alpha value is -2.33. The number of phenols is 1. The molecule has 0 radical (unpaired) electrons. The Morgan fingerprint density at radius 2 is 1.53 bits per heavy atom. The van der Waals surface area contributed by atoms with Gasteiger partial charge in [0.2, 0.25) is 0 Å². The maximum absolute atomic E-state index is 14.0. The number of benzene rings is 3. The zero-order valence-corrected chi connectivity index (χ0v) is 20.3. The van der Waals surface area contributed by atoms with Crippen LogP contribution in [0.15, 0.2) is 76.2 Å². The van der Waals surface area contributed by atoms with Gasteiger partial charge in [-0.3, -0.25) is 0 Å². The molecule has 1 unspecified atom stereocenters. The van der Waals surface area contributed by atoms with Gasteiger partial charge < -0.3 is 15.1 Å². The molecule has 0 aromatic heterocycles. The molecule has 0 saturated heterocycles. The topological polar surface area (TPSA) is 65.3 Å². The molecule has 1 aliphatic rings. The normalized spacial score (nSPS) is 16.1. The molecule has 32 heavy (non-hydrogen) atoms. The van der Waals surface area contributed by atoms with Crippen molar-refractivity contribution in [2.75, 3.05) is 12.9 Å². The molecule has 1 atom stereocenters. The van der Waals surface area contributed by atoms with E-state index >= 15 is 0 Å². The van der Waals surface area contributed by atoms with Gasteiger partial charge in [-0.25, -0.2) is 13.8 Å². The second-order valence-corrected chi connectivity index (χ2v) is 7.74. The van der Waals surface area contributed by atoms with Gasteiger partial charge in [-0.2, -0.15) is 0 Å². The van der Waals surface area contributed by atoms with E-state index in [1.54, 1.807) is 19.2 Å². The lowest BCUT2D eigenvalue weighted by Gasteiger charge is -2.28. The highest BCUT2D eigenvalue weighted by atomic mass is 79.9. The van der Waals surface area contributed by atoms with Gasteiger partial charge in [0, 0.05) is 18.2 Å². The number of aliphatic hydroxyl groups is 1. The molecule has 1 heterocycles. The van der Waals surface area contributed by atoms with E-state index in [-0.39, 0.29) is 22.8 Å². The largest absolute Gasteiger partial charge is 0.507 e. The van der Waals surface area contributed by atoms with Crippen molar-refractivity contribution in [3.05, 3.63) is 99.5 Å². The molecule has 4 rings (SSSR count). The molecule has 3 aromatic rings. The van der Waals surface area contributed by atoms with Crippen LogP contribution >= 0.6 is 31.9 Å². The number of nitrogens with zero attached hydrogens (tertiary/aromatic N) is 2. The smallest absolute Gasteiger partial charge is 0.253 e. The van der Waals surface area contributed by atoms with Gasteiger partial charge in [0.15, 0.2) is 11.8 Å². The van der Waals surface area contributed by atoms with Crippen molar-refractivity contribution in [1.29, 1.82) is 0 Å². The highest BCUT2D eigenvalue weighted by Gasteiger charge is 2.45. The molecule has 9 heteroatoms. The van der Waals surface area contributed by atoms with Crippen LogP contribution in [0, 0.1) is 11.6 Å². The van der Waals surface area contributed by atoms with Gasteiger partial charge in [0.1, 0.15) is 17.4 Å². The van der Waals surface area contributed by atoms with Crippen LogP contribution in [0.5, 0.6) is 5.75 Å². The summed E-state index contributed by atoms with van der Waals surface area (Å²) < 4.78 is 28.4. The summed E-state index contributed by atoms with van der Waals surface area (Å²) in [5, 5.41) is 22.9. The number of halogens is 4. The van der Waals surface area contributed by atoms with Crippen molar-refractivity contribution in [1.82, 2.24) is 5.06 Å². The van der Waals surface area contributed by atoms with Gasteiger partial charge >= 0.3 is 0 Å². The Bertz CT molecular complexity index is 1100. The minimum absolute atomic E-state index is 0.0700. The van der Waals surface area contributed by atoms with E-state index < -0.39 is 23.4 Å². The molecule has 168 valence electrons. The molecule has 0 amide bonds. The minimum Gasteiger partial charge on any atom is -0.507 e. The molecule has 1 aliphatic heterocycles. The molecule has 0 aliphatic carbocycles. The van der Waals surface area contributed by atoms with Crippen molar-refractivity contribution < 1.29 is 23.8 Å². The Labute approximate surface area is 201 Å². The number of hydrogen-bond donors (Lipinski definition) is 2. The molecular weight excluding hydrogens is 550 g/mol. The Balaban J connectivity index is 0.00000141. The summed E-state index contributed by atoms with van der Waals surface area (Å²) in [6, 6.07) is 15.6. The number of alkyl halides is 1. The molecule has 0 fully saturated rings. The summed E-state index contributed by atoms with van der Waals surface area (Å²) in [6.45, 7) is 0. The first-order chi connectivity index (χ1) is 15.3. The maximum Gasteiger partial charge on any atom is 0.253 e. The van der Waals surface area contributed by atoms with Crippen LogP contribution in [0.25, 0.3) is 0 Å². The van der Waals surface area contributed by atoms with Gasteiger partial charge in [-0.05, 0) is 63.7 Å². The molecule has 5 nitrogen and oxygen atoms in total. The van der Waals surface area contributed by atoms with E-state index in [2.05, 4.69) is 36.9 Å². The average Bonchev–Trinajstić information content (AvgIpc) is 3.18. The standard InChI is InChI=1S/C22H17BrF2N2O3.CH3Br/c1-27-20(13-8-9-19(28)18(23)10-13)26-21(30-27)22(29,14-4-2-6-16(24)11-14)15-5-3-7-17(25)12-15;1-2/h2-12,20,28-29H,1H3;1H3. The summed E-state index contributed by atoms with van der Waals surface area (Å²) >= 11 is 6.20. The minimum atomic E-state index is -2.03. The van der Waals surface area contributed by atoms with Crippen molar-refractivity contribution in [3.63, 3.8) is 0 Å². The summed E-state index contributed by atoms with van der Waals surface area (Å²) in [7, 11) is 1.62. The van der Waals surface area contributed by atoms with Crippen LogP contribution < -0.4 is 0 Å². The third-order valence-corrected chi connectivity index (χ3v) is 5.51. The van der Waals surface area contributed by atoms with Crippen LogP contribution in [0.4, 0.5) is 8.78 Å². The second-order valence-electron chi connectivity index (χ2n) is 6.89. The van der Waals surface area contributed by atoms with Gasteiger partial charge in [-0.1, -0.05) is 46.3 Å². The molecule has 2 N–H and O–H groups in total. The zero-order chi connectivity index (χ0) is 23.5. The van der Waals surface area contributed by atoms with Crippen LogP contribution in [0.3, 0.4) is 0 Å². The summed E-state index contributed by atoms with van der Waals surface area (Å²) in [5.41, 5.74) is -1.06. The van der Waals surface area contributed by atoms with Gasteiger partial charge in [0.25, 0.3) is 5.90 Å². The van der Waals surface area contributed by atoms with Crippen molar-refractivity contribution in [3.8, 4) is 5.75 Å². The van der Waals surface area contributed by atoms with E-state index in [1.165, 1.54) is 47.5 Å². The van der Waals surface area contributed by atoms with E-state index in [0.29, 0.717) is 10.0 Å². The number of rotatable bonds is 4. The lowest BCUT2D eigenvalue weighted by Crippen LogP contribution is -2.38. The summed E-state index contributed by atoms with van der Waals surface area (Å²) in [5.74, 6) is 0.630. The molecular formula is C23H20Br2F2N2O3. The zero-order valence-electron chi connectivity index (χ0n) is 17.1. The molecule has 3 aromatic carbocycles. The fraction of sp³-hybridized carbons (Fsp3) is 0.174. The third kappa shape index (κ3) is 4.71. The molecule has 0 spiro atoms. The first-order valence-electron chi connectivity index (χ1n) is 9.39. The van der Waals surface area contributed by atoms with E-state index in [4.69, 9.17) is 4.84 Å². The maximum atomic E-state index is 14.0. The number of hydrogen-bond acceptors (Lipinski definition) is 5. The molecule has 0 bridgehead atoms. The van der Waals surface area contributed by atoms with Crippen LogP contribution in [-0.2, 0) is 10.4 Å². The first kappa shape index (κ1) is 24.3. The quantitative estimate of drug-likeness (QED) is 0.398. The lowest BCUT2D eigenvalue weighted by molar-refractivity contribution is -0.0725. The van der Waals surface area contributed by atoms with Crippen LogP contribution in [0.2, 0.25) is 0 Å². The Morgan fingerprint density at radius 1 is 0.969 bits per heavy atom. The van der Waals surface area contributed by atoms with Gasteiger partial charge in [-0.15, -0.1) is 5.06 Å². The predicted octanol–water partition coefficient (Wildman–Crippen LogP) is 5.65. The lowest BCUT2D eigenvalue weighted by atomic mass is 9.86. The van der Waals surface area contributed by atoms with Crippen molar-refractivity contribution in [2.45, 2.75) is 11.8 Å². The Morgan fingerprint density at radius 3 is 2.03 bits per heavy atom. The van der Waals surface area contributed by atoms with Crippen LogP contribution in [-0.4, -0.2) is 34.1 Å². The summed E-state index contributed by atoms with van der Waals surface area (Å²) in [6.07, 6.45) is -0.648. The van der Waals surface area contributed by atoms with Crippen molar-refractivity contribution >= 4 is 37.8 Å². The monoisotopic (exact) mass is 568 g/mol. The Kier molecular flexibility index (Phi) is 7.66. The number of phenolic OH excluding ortho intramolecular Hbond substituents is 1. The number of aliphatic imine (C=N–C) groups is 1. The number of hydroxylamine groups is 2. The fourth-order valence-corrected chi connectivity index (χ4v) is 3.77. The predicted molar refractivity (Wildman–Crippen MR) is 125 cm³/mol. The second kappa shape index (κ2) is 10.1. The SMILES string of the molecule is CBr.CN1OC(C(O)(c2cccc(F)c2)c2cccc(F)c2)=NC1c1ccc(O)c(Br)c1. The van der Waals surface area contributed by atoms with E-state index in [0.717, 1.165) is 12.1 Å². The molecule has 0 saturated carbocycles. The van der Waals surface area contributed by atoms with Gasteiger partial charge in [0.05, 0.1) is 4.47 Å². The van der Waals surface area contributed by atoms with E-state index in [9.17, 15) is 19.0 Å². The fourth-order valence-electron chi connectivity index (χ4n) is 3.37. The van der Waals surface area contributed by atoms with E-state index in [1.807, 2.05) is 5.83 Å².